The van der Waals surface area contributed by atoms with Crippen molar-refractivity contribution in [2.45, 2.75) is 78.1 Å². The minimum Gasteiger partial charge on any atom is -0.370 e. The molecule has 1 aliphatic carbocycles. The molecule has 0 bridgehead atoms. The van der Waals surface area contributed by atoms with Crippen LogP contribution in [0, 0.1) is 5.92 Å². The Morgan fingerprint density at radius 3 is 2.26 bits per heavy atom. The van der Waals surface area contributed by atoms with Gasteiger partial charge < -0.3 is 15.8 Å². The third kappa shape index (κ3) is 22.5. The quantitative estimate of drug-likeness (QED) is 0.271. The van der Waals surface area contributed by atoms with Gasteiger partial charge in [0.1, 0.15) is 5.78 Å². The van der Waals surface area contributed by atoms with Crippen LogP contribution in [0.4, 0.5) is 0 Å². The highest BCUT2D eigenvalue weighted by Gasteiger charge is 2.18. The molecule has 0 heterocycles. The lowest BCUT2D eigenvalue weighted by molar-refractivity contribution is -0.123. The monoisotopic (exact) mass is 387 g/mol. The first kappa shape index (κ1) is 27.7. The molecule has 1 rings (SSSR count). The Bertz CT molecular complexity index is 359. The molecule has 0 aliphatic heterocycles. The number of unbranched alkanes of at least 4 members (excludes halogenated alkanes) is 1. The SMILES string of the molecule is CCC(=O)C1CCCCC1.CCCCC(N)=O.CNCOCCCNC=O. The van der Waals surface area contributed by atoms with Crippen molar-refractivity contribution in [2.75, 3.05) is 26.9 Å². The largest absolute Gasteiger partial charge is 0.370 e. The molecule has 1 saturated carbocycles. The molecule has 1 aliphatic rings. The second-order valence-corrected chi connectivity index (χ2v) is 6.56. The number of hydrogen-bond donors (Lipinski definition) is 3. The second kappa shape index (κ2) is 22.6. The fraction of sp³-hybridized carbons (Fsp3) is 0.850. The molecular formula is C20H41N3O4. The number of amides is 2. The summed E-state index contributed by atoms with van der Waals surface area (Å²) in [6.07, 6.45) is 11.0. The van der Waals surface area contributed by atoms with Crippen LogP contribution in [-0.2, 0) is 19.1 Å². The molecule has 0 atom stereocenters. The number of ether oxygens (including phenoxy) is 1. The van der Waals surface area contributed by atoms with Crippen LogP contribution in [0.25, 0.3) is 0 Å². The van der Waals surface area contributed by atoms with Gasteiger partial charge in [-0.3, -0.25) is 19.7 Å². The number of hydrogen-bond acceptors (Lipinski definition) is 5. The van der Waals surface area contributed by atoms with Gasteiger partial charge >= 0.3 is 0 Å². The zero-order chi connectivity index (χ0) is 20.8. The minimum atomic E-state index is -0.193. The second-order valence-electron chi connectivity index (χ2n) is 6.56. The van der Waals surface area contributed by atoms with Crippen LogP contribution in [0.15, 0.2) is 0 Å². The lowest BCUT2D eigenvalue weighted by Crippen LogP contribution is -2.17. The van der Waals surface area contributed by atoms with Crippen LogP contribution in [0.5, 0.6) is 0 Å². The highest BCUT2D eigenvalue weighted by molar-refractivity contribution is 5.80. The van der Waals surface area contributed by atoms with E-state index in [1.165, 1.54) is 19.3 Å². The first-order chi connectivity index (χ1) is 13.0. The number of nitrogens with one attached hydrogen (secondary N) is 2. The van der Waals surface area contributed by atoms with Crippen LogP contribution in [-0.4, -0.2) is 45.0 Å². The Balaban J connectivity index is 0. The predicted octanol–water partition coefficient (Wildman–Crippen LogP) is 2.52. The number of carbonyl (C=O) groups excluding carboxylic acids is 3. The van der Waals surface area contributed by atoms with E-state index in [0.29, 0.717) is 44.4 Å². The Labute approximate surface area is 165 Å². The molecule has 0 radical (unpaired) electrons. The van der Waals surface area contributed by atoms with E-state index >= 15 is 0 Å². The van der Waals surface area contributed by atoms with Gasteiger partial charge in [-0.1, -0.05) is 39.5 Å². The Hall–Kier alpha value is -1.47. The molecule has 7 heteroatoms. The van der Waals surface area contributed by atoms with Crippen LogP contribution < -0.4 is 16.4 Å². The Morgan fingerprint density at radius 1 is 1.15 bits per heavy atom. The fourth-order valence-electron chi connectivity index (χ4n) is 2.57. The van der Waals surface area contributed by atoms with Crippen molar-refractivity contribution in [3.63, 3.8) is 0 Å². The van der Waals surface area contributed by atoms with Crippen molar-refractivity contribution in [1.29, 1.82) is 0 Å². The third-order valence-corrected chi connectivity index (χ3v) is 4.13. The number of Topliss-reactive ketones (excluding diaryl/α,β-unsaturated/α-hetero) is 1. The maximum absolute atomic E-state index is 11.2. The highest BCUT2D eigenvalue weighted by Crippen LogP contribution is 2.24. The summed E-state index contributed by atoms with van der Waals surface area (Å²) < 4.78 is 5.06. The van der Waals surface area contributed by atoms with Gasteiger partial charge in [0.2, 0.25) is 12.3 Å². The van der Waals surface area contributed by atoms with Crippen LogP contribution in [0.3, 0.4) is 0 Å². The molecule has 0 aromatic heterocycles. The van der Waals surface area contributed by atoms with E-state index in [4.69, 9.17) is 10.5 Å². The van der Waals surface area contributed by atoms with Crippen LogP contribution >= 0.6 is 0 Å². The van der Waals surface area contributed by atoms with Crippen LogP contribution in [0.1, 0.15) is 78.1 Å². The van der Waals surface area contributed by atoms with Gasteiger partial charge in [-0.15, -0.1) is 0 Å². The third-order valence-electron chi connectivity index (χ3n) is 4.13. The smallest absolute Gasteiger partial charge is 0.217 e. The Kier molecular flexibility index (Phi) is 23.2. The zero-order valence-corrected chi connectivity index (χ0v) is 17.6. The average Bonchev–Trinajstić information content (AvgIpc) is 2.70. The summed E-state index contributed by atoms with van der Waals surface area (Å²) in [5.41, 5.74) is 4.84. The highest BCUT2D eigenvalue weighted by atomic mass is 16.5. The van der Waals surface area contributed by atoms with Crippen molar-refractivity contribution in [1.82, 2.24) is 10.6 Å². The Morgan fingerprint density at radius 2 is 1.81 bits per heavy atom. The summed E-state index contributed by atoms with van der Waals surface area (Å²) in [4.78, 5) is 30.9. The normalized spacial score (nSPS) is 13.4. The van der Waals surface area contributed by atoms with E-state index in [9.17, 15) is 14.4 Å². The van der Waals surface area contributed by atoms with Gasteiger partial charge in [-0.2, -0.15) is 0 Å². The van der Waals surface area contributed by atoms with Gasteiger partial charge in [0, 0.05) is 25.3 Å². The van der Waals surface area contributed by atoms with Crippen molar-refractivity contribution in [3.8, 4) is 0 Å². The van der Waals surface area contributed by atoms with Gasteiger partial charge in [0.05, 0.1) is 13.3 Å². The molecule has 160 valence electrons. The van der Waals surface area contributed by atoms with E-state index < -0.39 is 0 Å². The molecule has 2 amide bonds. The topological polar surface area (TPSA) is 111 Å². The summed E-state index contributed by atoms with van der Waals surface area (Å²) in [7, 11) is 1.82. The lowest BCUT2D eigenvalue weighted by Gasteiger charge is -2.19. The molecule has 0 spiro atoms. The molecule has 27 heavy (non-hydrogen) atoms. The summed E-state index contributed by atoms with van der Waals surface area (Å²) in [6, 6.07) is 0. The number of nitrogens with two attached hydrogens (primary N) is 1. The summed E-state index contributed by atoms with van der Waals surface area (Å²) in [5.74, 6) is 0.723. The van der Waals surface area contributed by atoms with Gasteiger partial charge in [0.25, 0.3) is 0 Å². The molecule has 0 aromatic carbocycles. The van der Waals surface area contributed by atoms with E-state index in [2.05, 4.69) is 10.6 Å². The van der Waals surface area contributed by atoms with Gasteiger partial charge in [-0.05, 0) is 32.7 Å². The standard InChI is InChI=1S/C9H16O.C6H14N2O2.C5H11NO/c1-2-9(10)8-6-4-3-5-7-8;1-7-6-10-4-2-3-8-5-9;1-2-3-4-5(6)7/h8H,2-7H2,1H3;5,7H,2-4,6H2,1H3,(H,8,9);2-4H2,1H3,(H2,6,7). The van der Waals surface area contributed by atoms with Crippen molar-refractivity contribution in [2.24, 2.45) is 11.7 Å². The van der Waals surface area contributed by atoms with E-state index in [0.717, 1.165) is 38.5 Å². The maximum Gasteiger partial charge on any atom is 0.217 e. The van der Waals surface area contributed by atoms with Gasteiger partial charge in [0.15, 0.2) is 0 Å². The minimum absolute atomic E-state index is 0.193. The number of primary amides is 1. The van der Waals surface area contributed by atoms with E-state index in [1.54, 1.807) is 0 Å². The molecule has 7 nitrogen and oxygen atoms in total. The maximum atomic E-state index is 11.2. The average molecular weight is 388 g/mol. The summed E-state index contributed by atoms with van der Waals surface area (Å²) in [6.45, 7) is 5.94. The molecule has 4 N–H and O–H groups in total. The zero-order valence-electron chi connectivity index (χ0n) is 17.6. The number of ketones is 1. The molecular weight excluding hydrogens is 346 g/mol. The van der Waals surface area contributed by atoms with Gasteiger partial charge in [-0.25, -0.2) is 0 Å². The first-order valence-electron chi connectivity index (χ1n) is 10.2. The number of rotatable bonds is 12. The van der Waals surface area contributed by atoms with Crippen molar-refractivity contribution in [3.05, 3.63) is 0 Å². The fourth-order valence-corrected chi connectivity index (χ4v) is 2.57. The van der Waals surface area contributed by atoms with E-state index in [1.807, 2.05) is 20.9 Å². The molecule has 0 unspecified atom stereocenters. The molecule has 0 aromatic rings. The first-order valence-corrected chi connectivity index (χ1v) is 10.2. The van der Waals surface area contributed by atoms with Crippen molar-refractivity contribution < 1.29 is 19.1 Å². The summed E-state index contributed by atoms with van der Waals surface area (Å²) >= 11 is 0. The van der Waals surface area contributed by atoms with Crippen molar-refractivity contribution >= 4 is 18.1 Å². The molecule has 1 fully saturated rings. The summed E-state index contributed by atoms with van der Waals surface area (Å²) in [5, 5.41) is 5.39. The van der Waals surface area contributed by atoms with E-state index in [-0.39, 0.29) is 5.91 Å². The van der Waals surface area contributed by atoms with Crippen LogP contribution in [0.2, 0.25) is 0 Å². The predicted molar refractivity (Wildman–Crippen MR) is 109 cm³/mol. The number of carbonyl (C=O) groups is 3. The lowest BCUT2D eigenvalue weighted by atomic mass is 9.85. The molecule has 0 saturated heterocycles.